The van der Waals surface area contributed by atoms with Crippen LogP contribution in [0, 0.1) is 19.3 Å². The molecular weight excluding hydrogens is 280 g/mol. The van der Waals surface area contributed by atoms with Crippen molar-refractivity contribution in [3.05, 3.63) is 28.2 Å². The Kier molecular flexibility index (Phi) is 5.05. The molecule has 1 rings (SSSR count). The molecule has 2 N–H and O–H groups in total. The molecule has 0 aliphatic rings. The minimum atomic E-state index is -0.322. The van der Waals surface area contributed by atoms with Crippen LogP contribution in [-0.4, -0.2) is 18.5 Å². The molecule has 1 amide bonds. The predicted molar refractivity (Wildman–Crippen MR) is 73.8 cm³/mol. The van der Waals surface area contributed by atoms with Crippen molar-refractivity contribution in [1.82, 2.24) is 5.32 Å². The first-order chi connectivity index (χ1) is 8.02. The summed E-state index contributed by atoms with van der Waals surface area (Å²) in [6.45, 7) is 4.05. The molecule has 0 saturated heterocycles. The maximum absolute atomic E-state index is 11.6. The van der Waals surface area contributed by atoms with Crippen molar-refractivity contribution in [2.75, 3.05) is 11.9 Å². The van der Waals surface area contributed by atoms with Crippen LogP contribution in [0.4, 0.5) is 5.69 Å². The zero-order valence-electron chi connectivity index (χ0n) is 9.88. The second-order valence-corrected chi connectivity index (χ2v) is 4.72. The molecule has 0 fully saturated rings. The van der Waals surface area contributed by atoms with Crippen LogP contribution < -0.4 is 10.6 Å². The van der Waals surface area contributed by atoms with Gasteiger partial charge in [0.15, 0.2) is 0 Å². The van der Waals surface area contributed by atoms with Gasteiger partial charge in [-0.3, -0.25) is 4.79 Å². The molecule has 0 aliphatic carbocycles. The Balaban J connectivity index is 2.64. The van der Waals surface area contributed by atoms with Gasteiger partial charge in [0.25, 0.3) is 0 Å². The minimum absolute atomic E-state index is 0.111. The zero-order chi connectivity index (χ0) is 12.8. The molecule has 1 aromatic carbocycles. The molecule has 0 spiro atoms. The van der Waals surface area contributed by atoms with E-state index in [1.165, 1.54) is 0 Å². The van der Waals surface area contributed by atoms with E-state index in [0.29, 0.717) is 0 Å². The lowest BCUT2D eigenvalue weighted by Crippen LogP contribution is -2.37. The van der Waals surface area contributed by atoms with E-state index >= 15 is 0 Å². The topological polar surface area (TPSA) is 41.1 Å². The third-order valence-corrected chi connectivity index (χ3v) is 2.64. The van der Waals surface area contributed by atoms with Crippen molar-refractivity contribution in [3.8, 4) is 12.3 Å². The fourth-order valence-corrected chi connectivity index (χ4v) is 2.03. The lowest BCUT2D eigenvalue weighted by Gasteiger charge is -2.15. The number of nitrogens with one attached hydrogen (secondary N) is 2. The molecule has 4 heteroatoms. The number of carbonyl (C=O) groups is 1. The summed E-state index contributed by atoms with van der Waals surface area (Å²) in [6, 6.07) is 5.60. The Hall–Kier alpha value is -1.47. The lowest BCUT2D eigenvalue weighted by atomic mass is 10.2. The number of carbonyl (C=O) groups excluding carboxylic acids is 1. The highest BCUT2D eigenvalue weighted by Crippen LogP contribution is 2.19. The summed E-state index contributed by atoms with van der Waals surface area (Å²) in [4.78, 5) is 11.6. The van der Waals surface area contributed by atoms with E-state index in [9.17, 15) is 4.79 Å². The number of aryl methyl sites for hydroxylation is 1. The third kappa shape index (κ3) is 4.49. The summed E-state index contributed by atoms with van der Waals surface area (Å²) in [7, 11) is 0. The molecular formula is C13H15BrN2O. The molecule has 0 saturated carbocycles. The minimum Gasteiger partial charge on any atom is -0.374 e. The third-order valence-electron chi connectivity index (χ3n) is 2.18. The smallest absolute Gasteiger partial charge is 0.242 e. The van der Waals surface area contributed by atoms with Gasteiger partial charge in [0.05, 0.1) is 6.54 Å². The summed E-state index contributed by atoms with van der Waals surface area (Å²) < 4.78 is 0.983. The lowest BCUT2D eigenvalue weighted by molar-refractivity contribution is -0.121. The zero-order valence-corrected chi connectivity index (χ0v) is 11.5. The van der Waals surface area contributed by atoms with Gasteiger partial charge in [-0.1, -0.05) is 21.9 Å². The Labute approximate surface area is 110 Å². The molecule has 1 aromatic rings. The van der Waals surface area contributed by atoms with Gasteiger partial charge >= 0.3 is 0 Å². The van der Waals surface area contributed by atoms with Gasteiger partial charge < -0.3 is 10.6 Å². The van der Waals surface area contributed by atoms with Gasteiger partial charge in [0.2, 0.25) is 5.91 Å². The second-order valence-electron chi connectivity index (χ2n) is 3.81. The van der Waals surface area contributed by atoms with Crippen LogP contribution in [0.1, 0.15) is 12.5 Å². The van der Waals surface area contributed by atoms with Gasteiger partial charge in [0.1, 0.15) is 6.04 Å². The molecule has 0 heterocycles. The van der Waals surface area contributed by atoms with Crippen LogP contribution >= 0.6 is 15.9 Å². The first kappa shape index (κ1) is 13.6. The van der Waals surface area contributed by atoms with Gasteiger partial charge in [-0.2, -0.15) is 0 Å². The maximum Gasteiger partial charge on any atom is 0.242 e. The Bertz CT molecular complexity index is 431. The predicted octanol–water partition coefficient (Wildman–Crippen LogP) is 2.31. The maximum atomic E-state index is 11.6. The summed E-state index contributed by atoms with van der Waals surface area (Å²) in [5.74, 6) is 2.26. The van der Waals surface area contributed by atoms with E-state index in [1.807, 2.05) is 25.1 Å². The number of hydrogen-bond acceptors (Lipinski definition) is 2. The van der Waals surface area contributed by atoms with Crippen molar-refractivity contribution in [3.63, 3.8) is 0 Å². The summed E-state index contributed by atoms with van der Waals surface area (Å²) >= 11 is 3.41. The SMILES string of the molecule is C#CCNC(=O)C(C)Nc1cc(C)cc(Br)c1. The quantitative estimate of drug-likeness (QED) is 0.837. The molecule has 0 radical (unpaired) electrons. The van der Waals surface area contributed by atoms with Crippen LogP contribution in [-0.2, 0) is 4.79 Å². The van der Waals surface area contributed by atoms with E-state index in [0.717, 1.165) is 15.7 Å². The van der Waals surface area contributed by atoms with Crippen molar-refractivity contribution in [1.29, 1.82) is 0 Å². The fraction of sp³-hybridized carbons (Fsp3) is 0.308. The van der Waals surface area contributed by atoms with Gasteiger partial charge in [-0.25, -0.2) is 0 Å². The molecule has 1 unspecified atom stereocenters. The Morgan fingerprint density at radius 3 is 2.82 bits per heavy atom. The second kappa shape index (κ2) is 6.31. The first-order valence-electron chi connectivity index (χ1n) is 5.28. The summed E-state index contributed by atoms with van der Waals surface area (Å²) in [5.41, 5.74) is 2.03. The van der Waals surface area contributed by atoms with Gasteiger partial charge in [0, 0.05) is 10.2 Å². The van der Waals surface area contributed by atoms with Crippen LogP contribution in [0.3, 0.4) is 0 Å². The number of halogens is 1. The number of benzene rings is 1. The number of hydrogen-bond donors (Lipinski definition) is 2. The van der Waals surface area contributed by atoms with Crippen molar-refractivity contribution >= 4 is 27.5 Å². The number of rotatable bonds is 4. The molecule has 90 valence electrons. The molecule has 0 aliphatic heterocycles. The average Bonchev–Trinajstić information content (AvgIpc) is 2.24. The average molecular weight is 295 g/mol. The van der Waals surface area contributed by atoms with E-state index < -0.39 is 0 Å². The number of anilines is 1. The van der Waals surface area contributed by atoms with Gasteiger partial charge in [-0.15, -0.1) is 6.42 Å². The standard InChI is InChI=1S/C13H15BrN2O/c1-4-5-15-13(17)10(3)16-12-7-9(2)6-11(14)8-12/h1,6-8,10,16H,5H2,2-3H3,(H,15,17). The highest BCUT2D eigenvalue weighted by Gasteiger charge is 2.11. The Morgan fingerprint density at radius 1 is 1.53 bits per heavy atom. The van der Waals surface area contributed by atoms with Crippen LogP contribution in [0.25, 0.3) is 0 Å². The van der Waals surface area contributed by atoms with Gasteiger partial charge in [-0.05, 0) is 37.6 Å². The Morgan fingerprint density at radius 2 is 2.24 bits per heavy atom. The number of amides is 1. The van der Waals surface area contributed by atoms with Crippen LogP contribution in [0.15, 0.2) is 22.7 Å². The fourth-order valence-electron chi connectivity index (χ4n) is 1.43. The highest BCUT2D eigenvalue weighted by molar-refractivity contribution is 9.10. The van der Waals surface area contributed by atoms with E-state index in [4.69, 9.17) is 6.42 Å². The largest absolute Gasteiger partial charge is 0.374 e. The summed E-state index contributed by atoms with van der Waals surface area (Å²) in [6.07, 6.45) is 5.08. The molecule has 3 nitrogen and oxygen atoms in total. The summed E-state index contributed by atoms with van der Waals surface area (Å²) in [5, 5.41) is 5.75. The normalized spacial score (nSPS) is 11.4. The highest BCUT2D eigenvalue weighted by atomic mass is 79.9. The monoisotopic (exact) mass is 294 g/mol. The van der Waals surface area contributed by atoms with Crippen molar-refractivity contribution in [2.45, 2.75) is 19.9 Å². The molecule has 1 atom stereocenters. The van der Waals surface area contributed by atoms with E-state index in [1.54, 1.807) is 6.92 Å². The van der Waals surface area contributed by atoms with E-state index in [-0.39, 0.29) is 18.5 Å². The molecule has 0 aromatic heterocycles. The first-order valence-corrected chi connectivity index (χ1v) is 6.07. The van der Waals surface area contributed by atoms with Crippen LogP contribution in [0.2, 0.25) is 0 Å². The molecule has 17 heavy (non-hydrogen) atoms. The van der Waals surface area contributed by atoms with Crippen LogP contribution in [0.5, 0.6) is 0 Å². The van der Waals surface area contributed by atoms with E-state index in [2.05, 4.69) is 32.5 Å². The van der Waals surface area contributed by atoms with Crippen molar-refractivity contribution in [2.24, 2.45) is 0 Å². The van der Waals surface area contributed by atoms with Crippen molar-refractivity contribution < 1.29 is 4.79 Å². The molecule has 0 bridgehead atoms. The number of terminal acetylenes is 1.